The Balaban J connectivity index is 2.12. The molecule has 0 atom stereocenters. The lowest BCUT2D eigenvalue weighted by atomic mass is 10.1. The Labute approximate surface area is 93.7 Å². The lowest BCUT2D eigenvalue weighted by molar-refractivity contribution is 0.0734. The predicted octanol–water partition coefficient (Wildman–Crippen LogP) is 2.61. The fourth-order valence-corrected chi connectivity index (χ4v) is 1.26. The van der Waals surface area contributed by atoms with Crippen molar-refractivity contribution in [3.63, 3.8) is 0 Å². The van der Waals surface area contributed by atoms with Crippen molar-refractivity contribution in [2.24, 2.45) is 0 Å². The van der Waals surface area contributed by atoms with Gasteiger partial charge in [0.15, 0.2) is 0 Å². The monoisotopic (exact) mass is 213 g/mol. The summed E-state index contributed by atoms with van der Waals surface area (Å²) in [6.45, 7) is 1.97. The van der Waals surface area contributed by atoms with Crippen LogP contribution in [0.1, 0.15) is 15.9 Å². The van der Waals surface area contributed by atoms with Gasteiger partial charge >= 0.3 is 5.97 Å². The van der Waals surface area contributed by atoms with Crippen LogP contribution >= 0.6 is 0 Å². The number of esters is 1. The zero-order chi connectivity index (χ0) is 11.4. The second-order valence-electron chi connectivity index (χ2n) is 3.44. The molecule has 3 nitrogen and oxygen atoms in total. The Morgan fingerprint density at radius 2 is 1.94 bits per heavy atom. The van der Waals surface area contributed by atoms with Gasteiger partial charge in [0.25, 0.3) is 0 Å². The number of pyridine rings is 1. The minimum Gasteiger partial charge on any atom is -0.421 e. The summed E-state index contributed by atoms with van der Waals surface area (Å²) in [6, 6.07) is 10.7. The van der Waals surface area contributed by atoms with Gasteiger partial charge in [-0.25, -0.2) is 4.79 Å². The molecule has 0 amide bonds. The molecule has 0 spiro atoms. The van der Waals surface area contributed by atoms with Gasteiger partial charge in [0.1, 0.15) is 5.75 Å². The van der Waals surface area contributed by atoms with Crippen LogP contribution in [-0.2, 0) is 0 Å². The summed E-state index contributed by atoms with van der Waals surface area (Å²) in [5.41, 5.74) is 1.65. The SMILES string of the molecule is Cc1ccc(C(=O)Oc2cccnc2)cc1. The molecule has 0 aliphatic heterocycles. The van der Waals surface area contributed by atoms with Crippen molar-refractivity contribution in [3.05, 3.63) is 59.9 Å². The fourth-order valence-electron chi connectivity index (χ4n) is 1.26. The van der Waals surface area contributed by atoms with Crippen molar-refractivity contribution in [3.8, 4) is 5.75 Å². The molecular weight excluding hydrogens is 202 g/mol. The molecule has 0 fully saturated rings. The highest BCUT2D eigenvalue weighted by molar-refractivity contribution is 5.91. The molecule has 0 N–H and O–H groups in total. The Morgan fingerprint density at radius 1 is 1.19 bits per heavy atom. The van der Waals surface area contributed by atoms with Gasteiger partial charge in [0.2, 0.25) is 0 Å². The van der Waals surface area contributed by atoms with Crippen LogP contribution in [0.5, 0.6) is 5.75 Å². The van der Waals surface area contributed by atoms with E-state index in [0.29, 0.717) is 11.3 Å². The minimum atomic E-state index is -0.368. The highest BCUT2D eigenvalue weighted by Crippen LogP contribution is 2.10. The van der Waals surface area contributed by atoms with Crippen LogP contribution in [0.15, 0.2) is 48.8 Å². The van der Waals surface area contributed by atoms with Crippen molar-refractivity contribution in [1.29, 1.82) is 0 Å². The number of nitrogens with zero attached hydrogens (tertiary/aromatic N) is 1. The van der Waals surface area contributed by atoms with E-state index in [9.17, 15) is 4.79 Å². The number of aryl methyl sites for hydroxylation is 1. The molecule has 2 rings (SSSR count). The summed E-state index contributed by atoms with van der Waals surface area (Å²) in [5.74, 6) is 0.0843. The van der Waals surface area contributed by atoms with Gasteiger partial charge in [-0.3, -0.25) is 4.98 Å². The third kappa shape index (κ3) is 2.45. The first kappa shape index (κ1) is 10.4. The van der Waals surface area contributed by atoms with Crippen molar-refractivity contribution in [1.82, 2.24) is 4.98 Å². The number of hydrogen-bond donors (Lipinski definition) is 0. The quantitative estimate of drug-likeness (QED) is 0.720. The summed E-state index contributed by atoms with van der Waals surface area (Å²) in [5, 5.41) is 0. The van der Waals surface area contributed by atoms with Crippen LogP contribution in [0, 0.1) is 6.92 Å². The number of rotatable bonds is 2. The summed E-state index contributed by atoms with van der Waals surface area (Å²) < 4.78 is 5.14. The van der Waals surface area contributed by atoms with Crippen LogP contribution in [0.2, 0.25) is 0 Å². The molecule has 0 radical (unpaired) electrons. The summed E-state index contributed by atoms with van der Waals surface area (Å²) in [4.78, 5) is 15.5. The first-order valence-electron chi connectivity index (χ1n) is 4.94. The standard InChI is InChI=1S/C13H11NO2/c1-10-4-6-11(7-5-10)13(15)16-12-3-2-8-14-9-12/h2-9H,1H3. The number of carbonyl (C=O) groups is 1. The van der Waals surface area contributed by atoms with E-state index in [1.165, 1.54) is 6.20 Å². The van der Waals surface area contributed by atoms with E-state index in [1.54, 1.807) is 30.5 Å². The maximum Gasteiger partial charge on any atom is 0.343 e. The highest BCUT2D eigenvalue weighted by atomic mass is 16.5. The second kappa shape index (κ2) is 4.57. The predicted molar refractivity (Wildman–Crippen MR) is 60.4 cm³/mol. The van der Waals surface area contributed by atoms with Gasteiger partial charge in [0, 0.05) is 6.20 Å². The van der Waals surface area contributed by atoms with E-state index in [0.717, 1.165) is 5.56 Å². The molecule has 0 bridgehead atoms. The normalized spacial score (nSPS) is 9.81. The number of aromatic nitrogens is 1. The Bertz CT molecular complexity index is 477. The summed E-state index contributed by atoms with van der Waals surface area (Å²) in [7, 11) is 0. The summed E-state index contributed by atoms with van der Waals surface area (Å²) >= 11 is 0. The van der Waals surface area contributed by atoms with E-state index in [-0.39, 0.29) is 5.97 Å². The highest BCUT2D eigenvalue weighted by Gasteiger charge is 2.07. The van der Waals surface area contributed by atoms with Crippen LogP contribution in [-0.4, -0.2) is 11.0 Å². The maximum absolute atomic E-state index is 11.7. The van der Waals surface area contributed by atoms with E-state index >= 15 is 0 Å². The largest absolute Gasteiger partial charge is 0.421 e. The van der Waals surface area contributed by atoms with E-state index < -0.39 is 0 Å². The number of benzene rings is 1. The maximum atomic E-state index is 11.7. The molecular formula is C13H11NO2. The van der Waals surface area contributed by atoms with Crippen LogP contribution in [0.4, 0.5) is 0 Å². The third-order valence-electron chi connectivity index (χ3n) is 2.13. The van der Waals surface area contributed by atoms with Crippen molar-refractivity contribution >= 4 is 5.97 Å². The average Bonchev–Trinajstić information content (AvgIpc) is 2.31. The van der Waals surface area contributed by atoms with Gasteiger partial charge in [0.05, 0.1) is 11.8 Å². The van der Waals surface area contributed by atoms with Crippen molar-refractivity contribution in [2.75, 3.05) is 0 Å². The third-order valence-corrected chi connectivity index (χ3v) is 2.13. The molecule has 1 aromatic carbocycles. The van der Waals surface area contributed by atoms with Crippen LogP contribution in [0.3, 0.4) is 0 Å². The minimum absolute atomic E-state index is 0.368. The zero-order valence-corrected chi connectivity index (χ0v) is 8.88. The Morgan fingerprint density at radius 3 is 2.56 bits per heavy atom. The molecule has 2 aromatic rings. The number of hydrogen-bond acceptors (Lipinski definition) is 3. The van der Waals surface area contributed by atoms with E-state index in [2.05, 4.69) is 4.98 Å². The molecule has 0 aliphatic rings. The van der Waals surface area contributed by atoms with E-state index in [4.69, 9.17) is 4.74 Å². The van der Waals surface area contributed by atoms with Gasteiger partial charge in [-0.2, -0.15) is 0 Å². The molecule has 1 aromatic heterocycles. The summed E-state index contributed by atoms with van der Waals surface area (Å²) in [6.07, 6.45) is 3.13. The van der Waals surface area contributed by atoms with Gasteiger partial charge in [-0.1, -0.05) is 17.7 Å². The first-order chi connectivity index (χ1) is 7.75. The smallest absolute Gasteiger partial charge is 0.343 e. The van der Waals surface area contributed by atoms with Gasteiger partial charge in [-0.05, 0) is 31.2 Å². The molecule has 0 saturated heterocycles. The van der Waals surface area contributed by atoms with Gasteiger partial charge < -0.3 is 4.74 Å². The van der Waals surface area contributed by atoms with Crippen molar-refractivity contribution in [2.45, 2.75) is 6.92 Å². The molecule has 0 saturated carbocycles. The topological polar surface area (TPSA) is 39.2 Å². The number of ether oxygens (including phenoxy) is 1. The lowest BCUT2D eigenvalue weighted by Gasteiger charge is -2.03. The van der Waals surface area contributed by atoms with Gasteiger partial charge in [-0.15, -0.1) is 0 Å². The fraction of sp³-hybridized carbons (Fsp3) is 0.0769. The molecule has 0 unspecified atom stereocenters. The Kier molecular flexibility index (Phi) is 2.96. The van der Waals surface area contributed by atoms with Crippen LogP contribution in [0.25, 0.3) is 0 Å². The Hall–Kier alpha value is -2.16. The van der Waals surface area contributed by atoms with Crippen LogP contribution < -0.4 is 4.74 Å². The van der Waals surface area contributed by atoms with Crippen molar-refractivity contribution < 1.29 is 9.53 Å². The molecule has 16 heavy (non-hydrogen) atoms. The molecule has 3 heteroatoms. The number of carbonyl (C=O) groups excluding carboxylic acids is 1. The molecule has 1 heterocycles. The second-order valence-corrected chi connectivity index (χ2v) is 3.44. The lowest BCUT2D eigenvalue weighted by Crippen LogP contribution is -2.08. The zero-order valence-electron chi connectivity index (χ0n) is 8.88. The van der Waals surface area contributed by atoms with E-state index in [1.807, 2.05) is 19.1 Å². The first-order valence-corrected chi connectivity index (χ1v) is 4.94. The average molecular weight is 213 g/mol. The molecule has 80 valence electrons. The molecule has 0 aliphatic carbocycles.